The molecule has 556 valence electrons. The van der Waals surface area contributed by atoms with E-state index in [0.29, 0.717) is 19.3 Å². The number of aliphatic hydroxyl groups excluding tert-OH is 5. The van der Waals surface area contributed by atoms with Gasteiger partial charge in [0.15, 0.2) is 12.4 Å². The summed E-state index contributed by atoms with van der Waals surface area (Å²) in [4.78, 5) is 26.8. The van der Waals surface area contributed by atoms with Gasteiger partial charge in [-0.3, -0.25) is 9.59 Å². The Labute approximate surface area is 586 Å². The number of aliphatic hydroxyl groups is 5. The molecule has 11 heteroatoms. The second-order valence-electron chi connectivity index (χ2n) is 28.5. The SMILES string of the molecule is CCCCC/C=C\C/C=C\C/C=C\CCCCCCCCCCCCCCCC(O)C(=O)NC(COC1OC(CO)C(O)C(O)C1OC(=O)CCCCCCCCCCCCCCCCCCC/C=C/CCCCCCCC)C(O)/C=C/CCCCCCCCCCCCC. The van der Waals surface area contributed by atoms with Crippen LogP contribution < -0.4 is 5.32 Å². The fourth-order valence-corrected chi connectivity index (χ4v) is 13.0. The summed E-state index contributed by atoms with van der Waals surface area (Å²) in [6, 6.07) is -1.03. The van der Waals surface area contributed by atoms with Crippen molar-refractivity contribution in [2.75, 3.05) is 13.2 Å². The third-order valence-electron chi connectivity index (χ3n) is 19.4. The lowest BCUT2D eigenvalue weighted by atomic mass is 9.99. The summed E-state index contributed by atoms with van der Waals surface area (Å²) in [5.74, 6) is -1.18. The summed E-state index contributed by atoms with van der Waals surface area (Å²) in [6.07, 6.45) is 82.8. The zero-order valence-electron chi connectivity index (χ0n) is 62.3. The number of amides is 1. The van der Waals surface area contributed by atoms with Crippen LogP contribution in [-0.2, 0) is 23.8 Å². The molecule has 1 saturated heterocycles. The van der Waals surface area contributed by atoms with Gasteiger partial charge in [0, 0.05) is 6.42 Å². The largest absolute Gasteiger partial charge is 0.454 e. The molecule has 0 spiro atoms. The topological polar surface area (TPSA) is 175 Å². The van der Waals surface area contributed by atoms with E-state index >= 15 is 0 Å². The van der Waals surface area contributed by atoms with Crippen molar-refractivity contribution in [2.24, 2.45) is 0 Å². The van der Waals surface area contributed by atoms with E-state index < -0.39 is 67.4 Å². The first-order valence-electron chi connectivity index (χ1n) is 41.1. The van der Waals surface area contributed by atoms with Crippen LogP contribution in [0.2, 0.25) is 0 Å². The van der Waals surface area contributed by atoms with Crippen LogP contribution in [0.1, 0.15) is 400 Å². The van der Waals surface area contributed by atoms with Crippen LogP contribution >= 0.6 is 0 Å². The molecule has 0 radical (unpaired) electrons. The van der Waals surface area contributed by atoms with Crippen molar-refractivity contribution in [3.05, 3.63) is 60.8 Å². The molecular weight excluding hydrogens is 1180 g/mol. The van der Waals surface area contributed by atoms with Gasteiger partial charge in [-0.1, -0.05) is 364 Å². The van der Waals surface area contributed by atoms with Crippen LogP contribution in [0.4, 0.5) is 0 Å². The van der Waals surface area contributed by atoms with Gasteiger partial charge in [0.1, 0.15) is 24.4 Å². The monoisotopic (exact) mass is 1340 g/mol. The van der Waals surface area contributed by atoms with Gasteiger partial charge in [-0.05, 0) is 89.9 Å². The maximum atomic E-state index is 13.6. The lowest BCUT2D eigenvalue weighted by Crippen LogP contribution is -2.61. The predicted molar refractivity (Wildman–Crippen MR) is 403 cm³/mol. The first kappa shape index (κ1) is 90.4. The minimum Gasteiger partial charge on any atom is -0.454 e. The standard InChI is InChI=1S/C84H155NO10/c1-4-7-10-13-16-19-22-25-27-29-31-33-35-37-39-41-43-45-47-49-51-54-57-60-63-66-69-72-79(89)95-82-81(91)80(90)78(73-86)94-84(82)93-74-75(76(87)70-67-64-61-58-55-52-24-21-18-15-12-9-6-3)85-83(92)77(88)71-68-65-62-59-56-53-50-48-46-44-42-40-38-36-34-32-30-28-26-23-20-17-14-11-8-5-2/h17,20,25-28,32,34,67,70,75-78,80-82,84,86-88,90-91H,4-16,18-19,21-24,29-31,33,35-66,68-69,71-74H2,1-3H3,(H,85,92)/b20-17-,27-25+,28-26-,34-32-,70-67+. The van der Waals surface area contributed by atoms with E-state index in [2.05, 4.69) is 74.7 Å². The average Bonchev–Trinajstić information content (AvgIpc) is 0.829. The Balaban J connectivity index is 2.49. The molecule has 1 amide bonds. The number of ether oxygens (including phenoxy) is 3. The van der Waals surface area contributed by atoms with E-state index in [0.717, 1.165) is 70.6 Å². The minimum atomic E-state index is -1.61. The fraction of sp³-hybridized carbons (Fsp3) is 0.857. The Morgan fingerprint density at radius 1 is 0.411 bits per heavy atom. The molecule has 1 aliphatic heterocycles. The third-order valence-corrected chi connectivity index (χ3v) is 19.4. The highest BCUT2D eigenvalue weighted by atomic mass is 16.7. The first-order valence-corrected chi connectivity index (χ1v) is 41.1. The normalized spacial score (nSPS) is 18.0. The summed E-state index contributed by atoms with van der Waals surface area (Å²) in [7, 11) is 0. The molecule has 11 nitrogen and oxygen atoms in total. The molecule has 0 bridgehead atoms. The molecule has 1 fully saturated rings. The van der Waals surface area contributed by atoms with Gasteiger partial charge in [-0.25, -0.2) is 0 Å². The average molecular weight is 1340 g/mol. The Kier molecular flexibility index (Phi) is 67.7. The quantitative estimate of drug-likeness (QED) is 0.0195. The van der Waals surface area contributed by atoms with Crippen LogP contribution in [0.25, 0.3) is 0 Å². The number of unbranched alkanes of at least 4 members (excludes halogenated alkanes) is 50. The van der Waals surface area contributed by atoms with Gasteiger partial charge in [0.25, 0.3) is 0 Å². The van der Waals surface area contributed by atoms with Crippen LogP contribution in [0, 0.1) is 0 Å². The number of hydrogen-bond donors (Lipinski definition) is 6. The predicted octanol–water partition coefficient (Wildman–Crippen LogP) is 22.4. The van der Waals surface area contributed by atoms with E-state index in [-0.39, 0.29) is 13.0 Å². The second kappa shape index (κ2) is 71.2. The number of rotatable bonds is 72. The third kappa shape index (κ3) is 57.8. The van der Waals surface area contributed by atoms with Gasteiger partial charge in [-0.2, -0.15) is 0 Å². The molecular formula is C84H155NO10. The van der Waals surface area contributed by atoms with Crippen molar-refractivity contribution in [3.8, 4) is 0 Å². The van der Waals surface area contributed by atoms with Gasteiger partial charge < -0.3 is 45.1 Å². The van der Waals surface area contributed by atoms with E-state index in [4.69, 9.17) is 14.2 Å². The van der Waals surface area contributed by atoms with Crippen molar-refractivity contribution < 1.29 is 49.3 Å². The zero-order chi connectivity index (χ0) is 68.8. The number of hydrogen-bond acceptors (Lipinski definition) is 10. The molecule has 0 aromatic rings. The molecule has 1 rings (SSSR count). The molecule has 8 atom stereocenters. The summed E-state index contributed by atoms with van der Waals surface area (Å²) in [6.45, 7) is 5.83. The lowest BCUT2D eigenvalue weighted by molar-refractivity contribution is -0.305. The van der Waals surface area contributed by atoms with E-state index in [9.17, 15) is 35.1 Å². The molecule has 0 saturated carbocycles. The van der Waals surface area contributed by atoms with E-state index in [1.54, 1.807) is 6.08 Å². The molecule has 0 aliphatic carbocycles. The Morgan fingerprint density at radius 3 is 1.12 bits per heavy atom. The lowest BCUT2D eigenvalue weighted by Gasteiger charge is -2.41. The van der Waals surface area contributed by atoms with Crippen molar-refractivity contribution in [2.45, 2.75) is 449 Å². The summed E-state index contributed by atoms with van der Waals surface area (Å²) in [5.41, 5.74) is 0. The van der Waals surface area contributed by atoms with Crippen molar-refractivity contribution >= 4 is 11.9 Å². The Morgan fingerprint density at radius 2 is 0.726 bits per heavy atom. The number of allylic oxidation sites excluding steroid dienone is 9. The first-order chi connectivity index (χ1) is 46.7. The minimum absolute atomic E-state index is 0.127. The maximum absolute atomic E-state index is 13.6. The van der Waals surface area contributed by atoms with Crippen molar-refractivity contribution in [1.29, 1.82) is 0 Å². The van der Waals surface area contributed by atoms with Gasteiger partial charge in [0.2, 0.25) is 5.91 Å². The Bertz CT molecular complexity index is 1780. The smallest absolute Gasteiger partial charge is 0.306 e. The highest BCUT2D eigenvalue weighted by Gasteiger charge is 2.47. The zero-order valence-corrected chi connectivity index (χ0v) is 62.3. The highest BCUT2D eigenvalue weighted by Crippen LogP contribution is 2.27. The molecule has 0 aromatic heterocycles. The molecule has 6 N–H and O–H groups in total. The molecule has 8 unspecified atom stereocenters. The van der Waals surface area contributed by atoms with Crippen LogP contribution in [0.3, 0.4) is 0 Å². The number of carbonyl (C=O) groups is 2. The van der Waals surface area contributed by atoms with Crippen LogP contribution in [0.5, 0.6) is 0 Å². The van der Waals surface area contributed by atoms with Crippen molar-refractivity contribution in [3.63, 3.8) is 0 Å². The maximum Gasteiger partial charge on any atom is 0.306 e. The van der Waals surface area contributed by atoms with Crippen LogP contribution in [0.15, 0.2) is 60.8 Å². The molecule has 95 heavy (non-hydrogen) atoms. The fourth-order valence-electron chi connectivity index (χ4n) is 13.0. The number of nitrogens with one attached hydrogen (secondary N) is 1. The molecule has 1 aliphatic rings. The van der Waals surface area contributed by atoms with Gasteiger partial charge in [-0.15, -0.1) is 0 Å². The van der Waals surface area contributed by atoms with Crippen LogP contribution in [-0.4, -0.2) is 99.6 Å². The van der Waals surface area contributed by atoms with Gasteiger partial charge in [0.05, 0.1) is 25.4 Å². The summed E-state index contributed by atoms with van der Waals surface area (Å²) >= 11 is 0. The molecule has 1 heterocycles. The highest BCUT2D eigenvalue weighted by molar-refractivity contribution is 5.80. The number of esters is 1. The summed E-state index contributed by atoms with van der Waals surface area (Å²) in [5, 5.41) is 57.5. The molecule has 0 aromatic carbocycles. The second-order valence-corrected chi connectivity index (χ2v) is 28.5. The van der Waals surface area contributed by atoms with E-state index in [1.807, 2.05) is 6.08 Å². The van der Waals surface area contributed by atoms with Gasteiger partial charge >= 0.3 is 5.97 Å². The van der Waals surface area contributed by atoms with E-state index in [1.165, 1.54) is 283 Å². The van der Waals surface area contributed by atoms with Crippen molar-refractivity contribution in [1.82, 2.24) is 5.32 Å². The Hall–Kier alpha value is -2.64. The number of carbonyl (C=O) groups excluding carboxylic acids is 2. The summed E-state index contributed by atoms with van der Waals surface area (Å²) < 4.78 is 17.8.